The maximum atomic E-state index is 12.1. The van der Waals surface area contributed by atoms with Crippen molar-refractivity contribution >= 4 is 5.91 Å². The molecule has 0 heterocycles. The number of aromatic hydroxyl groups is 2. The summed E-state index contributed by atoms with van der Waals surface area (Å²) in [5.41, 5.74) is 0.467. The fourth-order valence-corrected chi connectivity index (χ4v) is 2.80. The molecule has 1 aliphatic carbocycles. The zero-order valence-electron chi connectivity index (χ0n) is 11.4. The van der Waals surface area contributed by atoms with Gasteiger partial charge < -0.3 is 15.5 Å². The van der Waals surface area contributed by atoms with Crippen LogP contribution in [0.2, 0.25) is 0 Å². The number of phenols is 2. The highest BCUT2D eigenvalue weighted by Crippen LogP contribution is 2.35. The average Bonchev–Trinajstić information content (AvgIpc) is 2.27. The molecule has 1 aromatic rings. The van der Waals surface area contributed by atoms with Crippen molar-refractivity contribution in [2.24, 2.45) is 5.41 Å². The minimum Gasteiger partial charge on any atom is -0.508 e. The minimum absolute atomic E-state index is 0.0483. The Bertz CT molecular complexity index is 482. The van der Waals surface area contributed by atoms with E-state index < -0.39 is 0 Å². The van der Waals surface area contributed by atoms with E-state index in [1.807, 2.05) is 0 Å². The minimum atomic E-state index is -0.278. The highest BCUT2D eigenvalue weighted by atomic mass is 16.3. The van der Waals surface area contributed by atoms with Gasteiger partial charge in [0, 0.05) is 12.1 Å². The van der Waals surface area contributed by atoms with E-state index in [0.717, 1.165) is 19.3 Å². The molecular formula is C15H21NO3. The molecule has 0 spiro atoms. The second-order valence-corrected chi connectivity index (χ2v) is 6.13. The molecule has 1 aliphatic rings. The van der Waals surface area contributed by atoms with Crippen LogP contribution in [0.1, 0.15) is 49.9 Å². The van der Waals surface area contributed by atoms with E-state index in [1.165, 1.54) is 24.6 Å². The first-order chi connectivity index (χ1) is 8.87. The van der Waals surface area contributed by atoms with Crippen molar-refractivity contribution in [3.63, 3.8) is 0 Å². The molecule has 1 saturated carbocycles. The Morgan fingerprint density at radius 1 is 1.37 bits per heavy atom. The number of carbonyl (C=O) groups excluding carboxylic acids is 1. The Morgan fingerprint density at radius 3 is 2.74 bits per heavy atom. The lowest BCUT2D eigenvalue weighted by Gasteiger charge is -2.35. The molecule has 0 saturated heterocycles. The molecule has 1 unspecified atom stereocenters. The van der Waals surface area contributed by atoms with Crippen LogP contribution in [0.25, 0.3) is 0 Å². The van der Waals surface area contributed by atoms with Crippen LogP contribution in [-0.2, 0) is 0 Å². The van der Waals surface area contributed by atoms with Gasteiger partial charge in [0.05, 0.1) is 5.56 Å². The van der Waals surface area contributed by atoms with Crippen molar-refractivity contribution in [3.05, 3.63) is 23.8 Å². The van der Waals surface area contributed by atoms with Crippen LogP contribution >= 0.6 is 0 Å². The van der Waals surface area contributed by atoms with Crippen LogP contribution in [0.4, 0.5) is 0 Å². The monoisotopic (exact) mass is 263 g/mol. The summed E-state index contributed by atoms with van der Waals surface area (Å²) in [6.07, 6.45) is 4.23. The molecule has 1 atom stereocenters. The zero-order chi connectivity index (χ0) is 14.0. The van der Waals surface area contributed by atoms with E-state index in [2.05, 4.69) is 19.2 Å². The number of hydrogen-bond acceptors (Lipinski definition) is 3. The summed E-state index contributed by atoms with van der Waals surface area (Å²) in [5, 5.41) is 21.9. The molecular weight excluding hydrogens is 242 g/mol. The lowest BCUT2D eigenvalue weighted by Crippen LogP contribution is -2.40. The molecule has 3 N–H and O–H groups in total. The van der Waals surface area contributed by atoms with Gasteiger partial charge in [0.1, 0.15) is 11.5 Å². The first kappa shape index (κ1) is 13.7. The second kappa shape index (κ2) is 5.11. The van der Waals surface area contributed by atoms with Gasteiger partial charge >= 0.3 is 0 Å². The Balaban J connectivity index is 2.04. The van der Waals surface area contributed by atoms with E-state index in [0.29, 0.717) is 0 Å². The maximum Gasteiger partial charge on any atom is 0.255 e. The van der Waals surface area contributed by atoms with E-state index in [4.69, 9.17) is 0 Å². The molecule has 0 aromatic heterocycles. The Labute approximate surface area is 113 Å². The third-order valence-corrected chi connectivity index (χ3v) is 3.77. The molecule has 104 valence electrons. The topological polar surface area (TPSA) is 69.6 Å². The van der Waals surface area contributed by atoms with Crippen LogP contribution < -0.4 is 5.32 Å². The zero-order valence-corrected chi connectivity index (χ0v) is 11.4. The summed E-state index contributed by atoms with van der Waals surface area (Å²) in [6.45, 7) is 4.42. The largest absolute Gasteiger partial charge is 0.508 e. The third-order valence-electron chi connectivity index (χ3n) is 3.77. The number of nitrogens with one attached hydrogen (secondary N) is 1. The molecule has 19 heavy (non-hydrogen) atoms. The number of phenolic OH excluding ortho intramolecular Hbond substituents is 2. The van der Waals surface area contributed by atoms with Gasteiger partial charge in [-0.3, -0.25) is 4.79 Å². The van der Waals surface area contributed by atoms with Gasteiger partial charge in [0.15, 0.2) is 0 Å². The summed E-state index contributed by atoms with van der Waals surface area (Å²) in [4.78, 5) is 12.1. The van der Waals surface area contributed by atoms with Crippen LogP contribution in [0.3, 0.4) is 0 Å². The maximum absolute atomic E-state index is 12.1. The highest BCUT2D eigenvalue weighted by Gasteiger charge is 2.29. The predicted octanol–water partition coefficient (Wildman–Crippen LogP) is 2.80. The van der Waals surface area contributed by atoms with Crippen LogP contribution in [0.5, 0.6) is 11.5 Å². The number of benzene rings is 1. The predicted molar refractivity (Wildman–Crippen MR) is 73.3 cm³/mol. The van der Waals surface area contributed by atoms with Gasteiger partial charge in [-0.1, -0.05) is 20.3 Å². The second-order valence-electron chi connectivity index (χ2n) is 6.13. The van der Waals surface area contributed by atoms with E-state index in [-0.39, 0.29) is 34.4 Å². The molecule has 0 radical (unpaired) electrons. The van der Waals surface area contributed by atoms with Crippen molar-refractivity contribution in [3.8, 4) is 11.5 Å². The molecule has 0 aliphatic heterocycles. The van der Waals surface area contributed by atoms with Crippen LogP contribution in [-0.4, -0.2) is 22.2 Å². The number of carbonyl (C=O) groups is 1. The van der Waals surface area contributed by atoms with Crippen molar-refractivity contribution in [1.82, 2.24) is 5.32 Å². The van der Waals surface area contributed by atoms with Crippen molar-refractivity contribution in [2.75, 3.05) is 0 Å². The van der Waals surface area contributed by atoms with Gasteiger partial charge in [-0.15, -0.1) is 0 Å². The van der Waals surface area contributed by atoms with E-state index in [1.54, 1.807) is 0 Å². The average molecular weight is 263 g/mol. The van der Waals surface area contributed by atoms with Crippen molar-refractivity contribution in [2.45, 2.75) is 45.6 Å². The lowest BCUT2D eigenvalue weighted by molar-refractivity contribution is 0.0900. The Hall–Kier alpha value is -1.71. The molecule has 4 heteroatoms. The number of amides is 1. The Morgan fingerprint density at radius 2 is 2.11 bits per heavy atom. The summed E-state index contributed by atoms with van der Waals surface area (Å²) >= 11 is 0. The molecule has 4 nitrogen and oxygen atoms in total. The third kappa shape index (κ3) is 3.40. The summed E-state index contributed by atoms with van der Waals surface area (Å²) < 4.78 is 0. The SMILES string of the molecule is CC1(C)CCCC(NC(=O)c2ccc(O)cc2O)C1. The quantitative estimate of drug-likeness (QED) is 0.768. The number of rotatable bonds is 2. The Kier molecular flexibility index (Phi) is 3.69. The normalized spacial score (nSPS) is 21.9. The standard InChI is InChI=1S/C15H21NO3/c1-15(2)7-3-4-10(9-15)16-14(19)12-6-5-11(17)8-13(12)18/h5-6,8,10,17-18H,3-4,7,9H2,1-2H3,(H,16,19). The fourth-order valence-electron chi connectivity index (χ4n) is 2.80. The van der Waals surface area contributed by atoms with Crippen molar-refractivity contribution < 1.29 is 15.0 Å². The summed E-state index contributed by atoms with van der Waals surface area (Å²) in [6, 6.07) is 4.18. The van der Waals surface area contributed by atoms with Crippen LogP contribution in [0.15, 0.2) is 18.2 Å². The summed E-state index contributed by atoms with van der Waals surface area (Å²) in [7, 11) is 0. The van der Waals surface area contributed by atoms with Gasteiger partial charge in [-0.2, -0.15) is 0 Å². The fraction of sp³-hybridized carbons (Fsp3) is 0.533. The highest BCUT2D eigenvalue weighted by molar-refractivity contribution is 5.97. The van der Waals surface area contributed by atoms with Gasteiger partial charge in [0.2, 0.25) is 0 Å². The molecule has 1 aromatic carbocycles. The molecule has 2 rings (SSSR count). The number of hydrogen-bond donors (Lipinski definition) is 3. The summed E-state index contributed by atoms with van der Waals surface area (Å²) in [5.74, 6) is -0.513. The van der Waals surface area contributed by atoms with Gasteiger partial charge in [-0.05, 0) is 36.8 Å². The van der Waals surface area contributed by atoms with Gasteiger partial charge in [-0.25, -0.2) is 0 Å². The van der Waals surface area contributed by atoms with E-state index >= 15 is 0 Å². The first-order valence-electron chi connectivity index (χ1n) is 6.70. The smallest absolute Gasteiger partial charge is 0.255 e. The van der Waals surface area contributed by atoms with Crippen molar-refractivity contribution in [1.29, 1.82) is 0 Å². The molecule has 1 fully saturated rings. The first-order valence-corrected chi connectivity index (χ1v) is 6.70. The van der Waals surface area contributed by atoms with Gasteiger partial charge in [0.25, 0.3) is 5.91 Å². The van der Waals surface area contributed by atoms with Crippen LogP contribution in [0, 0.1) is 5.41 Å². The molecule has 1 amide bonds. The van der Waals surface area contributed by atoms with E-state index in [9.17, 15) is 15.0 Å². The lowest BCUT2D eigenvalue weighted by atomic mass is 9.75. The molecule has 0 bridgehead atoms.